The number of aryl methyl sites for hydroxylation is 3. The summed E-state index contributed by atoms with van der Waals surface area (Å²) >= 11 is 0. The Balaban J connectivity index is 2.17. The first-order valence-electron chi connectivity index (χ1n) is 8.83. The van der Waals surface area contributed by atoms with E-state index in [-0.39, 0.29) is 11.4 Å². The number of hydrogen-bond donors (Lipinski definition) is 0. The number of methoxy groups -OCH3 is 1. The topological polar surface area (TPSA) is 46.6 Å². The molecule has 0 aliphatic carbocycles. The molecule has 27 heavy (non-hydrogen) atoms. The average Bonchev–Trinajstić information content (AvgIpc) is 2.89. The number of esters is 1. The van der Waals surface area contributed by atoms with Gasteiger partial charge in [-0.1, -0.05) is 35.9 Å². The van der Waals surface area contributed by atoms with Crippen molar-refractivity contribution in [2.45, 2.75) is 27.7 Å². The molecule has 1 aliphatic heterocycles. The first kappa shape index (κ1) is 18.6. The van der Waals surface area contributed by atoms with Gasteiger partial charge in [-0.2, -0.15) is 0 Å². The van der Waals surface area contributed by atoms with Crippen LogP contribution < -0.4 is 4.90 Å². The lowest BCUT2D eigenvalue weighted by molar-refractivity contribution is -0.137. The number of ether oxygens (including phenoxy) is 1. The maximum absolute atomic E-state index is 13.1. The van der Waals surface area contributed by atoms with E-state index in [0.29, 0.717) is 11.4 Å². The van der Waals surface area contributed by atoms with Gasteiger partial charge in [-0.05, 0) is 62.6 Å². The van der Waals surface area contributed by atoms with Crippen LogP contribution >= 0.6 is 0 Å². The van der Waals surface area contributed by atoms with Gasteiger partial charge >= 0.3 is 5.97 Å². The summed E-state index contributed by atoms with van der Waals surface area (Å²) in [6.45, 7) is 7.86. The number of Topliss-reactive ketones (excluding diaryl/α,β-unsaturated/α-hetero) is 1. The Labute approximate surface area is 159 Å². The second-order valence-corrected chi connectivity index (χ2v) is 6.83. The molecule has 0 fully saturated rings. The highest BCUT2D eigenvalue weighted by atomic mass is 16.5. The van der Waals surface area contributed by atoms with Crippen LogP contribution in [0.25, 0.3) is 6.08 Å². The minimum absolute atomic E-state index is 0.0779. The first-order chi connectivity index (χ1) is 12.8. The van der Waals surface area contributed by atoms with Crippen LogP contribution in [0.3, 0.4) is 0 Å². The van der Waals surface area contributed by atoms with Crippen molar-refractivity contribution >= 4 is 23.5 Å². The minimum Gasteiger partial charge on any atom is -0.465 e. The van der Waals surface area contributed by atoms with Crippen molar-refractivity contribution in [2.24, 2.45) is 0 Å². The van der Waals surface area contributed by atoms with Crippen LogP contribution in [0.2, 0.25) is 0 Å². The molecule has 3 rings (SSSR count). The molecule has 2 aromatic rings. The molecule has 0 aromatic heterocycles. The maximum atomic E-state index is 13.1. The van der Waals surface area contributed by atoms with Crippen molar-refractivity contribution in [1.29, 1.82) is 0 Å². The number of rotatable bonds is 3. The second-order valence-electron chi connectivity index (χ2n) is 6.83. The quantitative estimate of drug-likeness (QED) is 0.459. The number of ketones is 1. The van der Waals surface area contributed by atoms with Gasteiger partial charge in [-0.25, -0.2) is 4.79 Å². The van der Waals surface area contributed by atoms with Crippen molar-refractivity contribution in [3.05, 3.63) is 81.7 Å². The van der Waals surface area contributed by atoms with E-state index in [2.05, 4.69) is 0 Å². The molecule has 0 amide bonds. The highest BCUT2D eigenvalue weighted by Gasteiger charge is 2.38. The summed E-state index contributed by atoms with van der Waals surface area (Å²) in [7, 11) is 1.29. The molecule has 1 aliphatic rings. The number of hydrogen-bond acceptors (Lipinski definition) is 4. The van der Waals surface area contributed by atoms with Gasteiger partial charge in [0, 0.05) is 11.4 Å². The molecule has 0 radical (unpaired) electrons. The normalized spacial score (nSPS) is 15.7. The zero-order valence-electron chi connectivity index (χ0n) is 16.3. The second kappa shape index (κ2) is 7.23. The molecule has 2 aromatic carbocycles. The standard InChI is InChI=1S/C23H23NO3/c1-14-6-9-18(10-7-14)13-20-22(25)21(23(26)27-5)17(4)24(20)19-11-8-15(2)16(3)12-19/h6-13H,1-5H3/b20-13+. The molecular formula is C23H23NO3. The van der Waals surface area contributed by atoms with Gasteiger partial charge in [0.1, 0.15) is 5.57 Å². The van der Waals surface area contributed by atoms with Crippen LogP contribution in [-0.4, -0.2) is 18.9 Å². The molecule has 0 saturated carbocycles. The van der Waals surface area contributed by atoms with E-state index in [1.165, 1.54) is 12.7 Å². The molecule has 0 saturated heterocycles. The van der Waals surface area contributed by atoms with Crippen LogP contribution in [-0.2, 0) is 14.3 Å². The molecule has 1 heterocycles. The molecule has 0 N–H and O–H groups in total. The number of allylic oxidation sites excluding steroid dienone is 2. The summed E-state index contributed by atoms with van der Waals surface area (Å²) < 4.78 is 4.84. The summed E-state index contributed by atoms with van der Waals surface area (Å²) in [5, 5.41) is 0. The summed E-state index contributed by atoms with van der Waals surface area (Å²) in [6.07, 6.45) is 1.82. The predicted molar refractivity (Wildman–Crippen MR) is 107 cm³/mol. The van der Waals surface area contributed by atoms with E-state index in [1.807, 2.05) is 74.2 Å². The molecule has 0 atom stereocenters. The van der Waals surface area contributed by atoms with Crippen LogP contribution in [0, 0.1) is 20.8 Å². The monoisotopic (exact) mass is 361 g/mol. The van der Waals surface area contributed by atoms with Crippen molar-refractivity contribution < 1.29 is 14.3 Å². The number of carbonyl (C=O) groups excluding carboxylic acids is 2. The third-order valence-corrected chi connectivity index (χ3v) is 4.92. The van der Waals surface area contributed by atoms with Crippen LogP contribution in [0.1, 0.15) is 29.2 Å². The molecule has 0 spiro atoms. The zero-order valence-corrected chi connectivity index (χ0v) is 16.3. The van der Waals surface area contributed by atoms with Crippen molar-refractivity contribution in [3.63, 3.8) is 0 Å². The van der Waals surface area contributed by atoms with Gasteiger partial charge in [0.2, 0.25) is 5.78 Å². The molecule has 4 heteroatoms. The number of benzene rings is 2. The lowest BCUT2D eigenvalue weighted by atomic mass is 10.1. The van der Waals surface area contributed by atoms with Crippen molar-refractivity contribution in [3.8, 4) is 0 Å². The van der Waals surface area contributed by atoms with E-state index < -0.39 is 5.97 Å². The number of carbonyl (C=O) groups is 2. The minimum atomic E-state index is -0.612. The van der Waals surface area contributed by atoms with Gasteiger partial charge in [0.15, 0.2) is 0 Å². The van der Waals surface area contributed by atoms with Crippen molar-refractivity contribution in [1.82, 2.24) is 0 Å². The fourth-order valence-corrected chi connectivity index (χ4v) is 3.18. The predicted octanol–water partition coefficient (Wildman–Crippen LogP) is 4.49. The summed E-state index contributed by atoms with van der Waals surface area (Å²) in [5.41, 5.74) is 6.28. The van der Waals surface area contributed by atoms with Crippen LogP contribution in [0.15, 0.2) is 59.4 Å². The Morgan fingerprint density at radius 3 is 2.22 bits per heavy atom. The SMILES string of the molecule is COC(=O)C1=C(C)N(c2ccc(C)c(C)c2)/C(=C/c2ccc(C)cc2)C1=O. The van der Waals surface area contributed by atoms with Crippen LogP contribution in [0.4, 0.5) is 5.69 Å². The fourth-order valence-electron chi connectivity index (χ4n) is 3.18. The van der Waals surface area contributed by atoms with E-state index in [4.69, 9.17) is 4.74 Å². The summed E-state index contributed by atoms with van der Waals surface area (Å²) in [5.74, 6) is -0.934. The largest absolute Gasteiger partial charge is 0.465 e. The third kappa shape index (κ3) is 3.43. The van der Waals surface area contributed by atoms with Gasteiger partial charge in [0.05, 0.1) is 12.8 Å². The molecule has 0 unspecified atom stereocenters. The lowest BCUT2D eigenvalue weighted by Gasteiger charge is -2.22. The lowest BCUT2D eigenvalue weighted by Crippen LogP contribution is -2.18. The molecular weight excluding hydrogens is 338 g/mol. The van der Waals surface area contributed by atoms with E-state index in [0.717, 1.165) is 22.4 Å². The zero-order chi connectivity index (χ0) is 19.7. The van der Waals surface area contributed by atoms with E-state index >= 15 is 0 Å². The maximum Gasteiger partial charge on any atom is 0.343 e. The fraction of sp³-hybridized carbons (Fsp3) is 0.217. The Bertz CT molecular complexity index is 981. The first-order valence-corrected chi connectivity index (χ1v) is 8.83. The van der Waals surface area contributed by atoms with E-state index in [1.54, 1.807) is 6.92 Å². The van der Waals surface area contributed by atoms with E-state index in [9.17, 15) is 9.59 Å². The van der Waals surface area contributed by atoms with Crippen molar-refractivity contribution in [2.75, 3.05) is 12.0 Å². The summed E-state index contributed by atoms with van der Waals surface area (Å²) in [6, 6.07) is 13.9. The Hall–Kier alpha value is -3.14. The Morgan fingerprint density at radius 1 is 0.963 bits per heavy atom. The highest BCUT2D eigenvalue weighted by molar-refractivity contribution is 6.30. The Morgan fingerprint density at radius 2 is 1.63 bits per heavy atom. The highest BCUT2D eigenvalue weighted by Crippen LogP contribution is 2.36. The molecule has 4 nitrogen and oxygen atoms in total. The van der Waals surface area contributed by atoms with Gasteiger partial charge in [0.25, 0.3) is 0 Å². The average molecular weight is 361 g/mol. The Kier molecular flexibility index (Phi) is 5.00. The number of nitrogens with zero attached hydrogens (tertiary/aromatic N) is 1. The van der Waals surface area contributed by atoms with Gasteiger partial charge in [-0.15, -0.1) is 0 Å². The molecule has 0 bridgehead atoms. The molecule has 138 valence electrons. The van der Waals surface area contributed by atoms with Crippen LogP contribution in [0.5, 0.6) is 0 Å². The van der Waals surface area contributed by atoms with Gasteiger partial charge < -0.3 is 9.64 Å². The van der Waals surface area contributed by atoms with Gasteiger partial charge in [-0.3, -0.25) is 4.79 Å². The summed E-state index contributed by atoms with van der Waals surface area (Å²) in [4.78, 5) is 27.1. The third-order valence-electron chi connectivity index (χ3n) is 4.92. The number of anilines is 1. The smallest absolute Gasteiger partial charge is 0.343 e.